The third kappa shape index (κ3) is 2.10. The van der Waals surface area contributed by atoms with Crippen LogP contribution in [0.4, 0.5) is 0 Å². The molecule has 0 aliphatic carbocycles. The normalized spacial score (nSPS) is 15.9. The molecule has 1 aromatic rings. The van der Waals surface area contributed by atoms with Gasteiger partial charge in [-0.25, -0.2) is 0 Å². The van der Waals surface area contributed by atoms with Gasteiger partial charge in [-0.2, -0.15) is 0 Å². The summed E-state index contributed by atoms with van der Waals surface area (Å²) in [4.78, 5) is 0.646. The first-order chi connectivity index (χ1) is 6.54. The minimum absolute atomic E-state index is 0.527. The first kappa shape index (κ1) is 11.9. The molecule has 0 radical (unpaired) electrons. The van der Waals surface area contributed by atoms with E-state index in [1.807, 2.05) is 5.38 Å². The van der Waals surface area contributed by atoms with Gasteiger partial charge in [0.15, 0.2) is 6.29 Å². The third-order valence-electron chi connectivity index (χ3n) is 1.96. The monoisotopic (exact) mass is 236 g/mol. The summed E-state index contributed by atoms with van der Waals surface area (Å²) in [6.45, 7) is 1.61. The molecule has 1 heterocycles. The predicted octanol–water partition coefficient (Wildman–Crippen LogP) is 2.23. The summed E-state index contributed by atoms with van der Waals surface area (Å²) in [6, 6.07) is 1.73. The molecule has 1 unspecified atom stereocenters. The highest BCUT2D eigenvalue weighted by Crippen LogP contribution is 2.36. The molecular weight excluding hydrogens is 224 g/mol. The molecule has 0 aliphatic rings. The maximum Gasteiger partial charge on any atom is 0.190 e. The topological polar surface area (TPSA) is 38.7 Å². The molecule has 1 rings (SSSR count). The van der Waals surface area contributed by atoms with Crippen molar-refractivity contribution in [1.29, 1.82) is 0 Å². The largest absolute Gasteiger partial charge is 0.379 e. The highest BCUT2D eigenvalue weighted by molar-refractivity contribution is 7.10. The van der Waals surface area contributed by atoms with Crippen molar-refractivity contribution < 1.29 is 14.6 Å². The van der Waals surface area contributed by atoms with Gasteiger partial charge < -0.3 is 14.6 Å². The fourth-order valence-electron chi connectivity index (χ4n) is 1.32. The van der Waals surface area contributed by atoms with Gasteiger partial charge in [0.2, 0.25) is 0 Å². The molecule has 80 valence electrons. The molecule has 0 aromatic carbocycles. The summed E-state index contributed by atoms with van der Waals surface area (Å²) >= 11 is 7.30. The van der Waals surface area contributed by atoms with E-state index in [0.717, 1.165) is 0 Å². The lowest BCUT2D eigenvalue weighted by molar-refractivity contribution is -0.211. The van der Waals surface area contributed by atoms with Crippen LogP contribution in [0.2, 0.25) is 5.02 Å². The average molecular weight is 237 g/mol. The first-order valence-electron chi connectivity index (χ1n) is 4.05. The van der Waals surface area contributed by atoms with Crippen LogP contribution in [0.1, 0.15) is 11.8 Å². The van der Waals surface area contributed by atoms with Crippen molar-refractivity contribution in [3.05, 3.63) is 21.3 Å². The molecule has 5 heteroatoms. The molecule has 0 fully saturated rings. The lowest BCUT2D eigenvalue weighted by Gasteiger charge is -2.29. The van der Waals surface area contributed by atoms with Gasteiger partial charge in [0.1, 0.15) is 5.60 Å². The SMILES string of the molecule is COC(OC)C(C)(O)c1sccc1Cl. The Morgan fingerprint density at radius 2 is 2.07 bits per heavy atom. The summed E-state index contributed by atoms with van der Waals surface area (Å²) in [5.74, 6) is 0. The van der Waals surface area contributed by atoms with Crippen molar-refractivity contribution in [3.63, 3.8) is 0 Å². The molecule has 0 bridgehead atoms. The zero-order valence-electron chi connectivity index (χ0n) is 8.28. The lowest BCUT2D eigenvalue weighted by Crippen LogP contribution is -2.38. The van der Waals surface area contributed by atoms with Gasteiger partial charge >= 0.3 is 0 Å². The van der Waals surface area contributed by atoms with Crippen molar-refractivity contribution in [3.8, 4) is 0 Å². The molecule has 1 atom stereocenters. The zero-order valence-corrected chi connectivity index (χ0v) is 9.85. The van der Waals surface area contributed by atoms with Gasteiger partial charge in [-0.3, -0.25) is 0 Å². The molecule has 0 saturated carbocycles. The number of methoxy groups -OCH3 is 2. The van der Waals surface area contributed by atoms with Gasteiger partial charge in [0.25, 0.3) is 0 Å². The van der Waals surface area contributed by atoms with Crippen LogP contribution in [0.15, 0.2) is 11.4 Å². The predicted molar refractivity (Wildman–Crippen MR) is 56.7 cm³/mol. The molecule has 1 N–H and O–H groups in total. The minimum Gasteiger partial charge on any atom is -0.379 e. The zero-order chi connectivity index (χ0) is 10.8. The smallest absolute Gasteiger partial charge is 0.190 e. The average Bonchev–Trinajstić information content (AvgIpc) is 2.53. The number of thiophene rings is 1. The summed E-state index contributed by atoms with van der Waals surface area (Å²) in [6.07, 6.45) is -0.723. The quantitative estimate of drug-likeness (QED) is 0.815. The second kappa shape index (κ2) is 4.59. The number of hydrogen-bond donors (Lipinski definition) is 1. The van der Waals surface area contributed by atoms with Gasteiger partial charge in [-0.1, -0.05) is 11.6 Å². The van der Waals surface area contributed by atoms with E-state index in [0.29, 0.717) is 9.90 Å². The van der Waals surface area contributed by atoms with Gasteiger partial charge in [0, 0.05) is 14.2 Å². The van der Waals surface area contributed by atoms with E-state index in [-0.39, 0.29) is 0 Å². The maximum absolute atomic E-state index is 10.2. The maximum atomic E-state index is 10.2. The number of aliphatic hydroxyl groups is 1. The summed E-state index contributed by atoms with van der Waals surface area (Å²) in [5, 5.41) is 12.5. The van der Waals surface area contributed by atoms with Gasteiger partial charge in [0.05, 0.1) is 9.90 Å². The van der Waals surface area contributed by atoms with Crippen molar-refractivity contribution >= 4 is 22.9 Å². The van der Waals surface area contributed by atoms with Crippen LogP contribution in [0.3, 0.4) is 0 Å². The van der Waals surface area contributed by atoms with E-state index in [1.165, 1.54) is 25.6 Å². The van der Waals surface area contributed by atoms with Crippen LogP contribution in [0.5, 0.6) is 0 Å². The van der Waals surface area contributed by atoms with Gasteiger partial charge in [-0.15, -0.1) is 11.3 Å². The van der Waals surface area contributed by atoms with E-state index >= 15 is 0 Å². The van der Waals surface area contributed by atoms with E-state index in [4.69, 9.17) is 21.1 Å². The van der Waals surface area contributed by atoms with E-state index in [1.54, 1.807) is 13.0 Å². The first-order valence-corrected chi connectivity index (χ1v) is 5.31. The Morgan fingerprint density at radius 3 is 2.43 bits per heavy atom. The fraction of sp³-hybridized carbons (Fsp3) is 0.556. The van der Waals surface area contributed by atoms with E-state index in [2.05, 4.69) is 0 Å². The summed E-state index contributed by atoms with van der Waals surface area (Å²) in [7, 11) is 2.95. The second-order valence-corrected chi connectivity index (χ2v) is 4.37. The molecule has 0 saturated heterocycles. The second-order valence-electron chi connectivity index (χ2n) is 3.05. The van der Waals surface area contributed by atoms with Crippen LogP contribution in [-0.4, -0.2) is 25.6 Å². The highest BCUT2D eigenvalue weighted by atomic mass is 35.5. The number of hydrogen-bond acceptors (Lipinski definition) is 4. The number of halogens is 1. The Bertz CT molecular complexity index is 294. The molecule has 0 aliphatic heterocycles. The summed E-state index contributed by atoms with van der Waals surface area (Å²) in [5.41, 5.74) is -1.23. The van der Waals surface area contributed by atoms with Crippen LogP contribution >= 0.6 is 22.9 Å². The molecule has 0 spiro atoms. The fourth-order valence-corrected chi connectivity index (χ4v) is 2.64. The molecule has 1 aromatic heterocycles. The van der Waals surface area contributed by atoms with Gasteiger partial charge in [-0.05, 0) is 18.4 Å². The number of rotatable bonds is 4. The number of ether oxygens (including phenoxy) is 2. The molecular formula is C9H13ClO3S. The molecule has 3 nitrogen and oxygen atoms in total. The standard InChI is InChI=1S/C9H13ClO3S/c1-9(11,8(12-2)13-3)7-6(10)4-5-14-7/h4-5,8,11H,1-3H3. The van der Waals surface area contributed by atoms with E-state index < -0.39 is 11.9 Å². The molecule has 14 heavy (non-hydrogen) atoms. The van der Waals surface area contributed by atoms with Crippen molar-refractivity contribution in [2.45, 2.75) is 18.8 Å². The van der Waals surface area contributed by atoms with Crippen molar-refractivity contribution in [1.82, 2.24) is 0 Å². The third-order valence-corrected chi connectivity index (χ3v) is 3.53. The Hall–Kier alpha value is -0.130. The summed E-state index contributed by atoms with van der Waals surface area (Å²) < 4.78 is 10.0. The van der Waals surface area contributed by atoms with Crippen molar-refractivity contribution in [2.24, 2.45) is 0 Å². The Kier molecular flexibility index (Phi) is 3.92. The highest BCUT2D eigenvalue weighted by Gasteiger charge is 2.37. The van der Waals surface area contributed by atoms with Crippen LogP contribution in [0.25, 0.3) is 0 Å². The Balaban J connectivity index is 3.00. The van der Waals surface area contributed by atoms with Crippen LogP contribution < -0.4 is 0 Å². The minimum atomic E-state index is -1.23. The van der Waals surface area contributed by atoms with Crippen molar-refractivity contribution in [2.75, 3.05) is 14.2 Å². The molecule has 0 amide bonds. The van der Waals surface area contributed by atoms with Crippen LogP contribution in [0, 0.1) is 0 Å². The Morgan fingerprint density at radius 1 is 1.50 bits per heavy atom. The lowest BCUT2D eigenvalue weighted by atomic mass is 10.0. The Labute approximate surface area is 92.2 Å². The van der Waals surface area contributed by atoms with Crippen LogP contribution in [-0.2, 0) is 15.1 Å². The van der Waals surface area contributed by atoms with E-state index in [9.17, 15) is 5.11 Å².